The van der Waals surface area contributed by atoms with E-state index in [1.165, 1.54) is 0 Å². The fourth-order valence-corrected chi connectivity index (χ4v) is 3.30. The van der Waals surface area contributed by atoms with E-state index in [9.17, 15) is 9.90 Å². The molecule has 4 N–H and O–H groups in total. The standard InChI is InChI=1S/C22H19N3O3/c1-28-19-8-3-2-7-16(19)18-12-25-22-17(18)10-15(11-24-22)13-5-4-6-14(9-13)20(26)21(23)27/h2-12,20,26H,1H3,(H2,23,27)(H,24,25). The van der Waals surface area contributed by atoms with Crippen LogP contribution < -0.4 is 10.5 Å². The van der Waals surface area contributed by atoms with Gasteiger partial charge in [-0.15, -0.1) is 0 Å². The number of aromatic nitrogens is 2. The summed E-state index contributed by atoms with van der Waals surface area (Å²) in [5, 5.41) is 10.9. The summed E-state index contributed by atoms with van der Waals surface area (Å²) >= 11 is 0. The third-order valence-corrected chi connectivity index (χ3v) is 4.73. The molecule has 0 saturated carbocycles. The summed E-state index contributed by atoms with van der Waals surface area (Å²) in [6, 6.07) is 16.9. The molecule has 0 bridgehead atoms. The number of aliphatic hydroxyl groups excluding tert-OH is 1. The highest BCUT2D eigenvalue weighted by atomic mass is 16.5. The summed E-state index contributed by atoms with van der Waals surface area (Å²) in [4.78, 5) is 19.0. The Morgan fingerprint density at radius 2 is 1.93 bits per heavy atom. The van der Waals surface area contributed by atoms with Crippen molar-refractivity contribution in [2.24, 2.45) is 5.73 Å². The lowest BCUT2D eigenvalue weighted by atomic mass is 9.99. The van der Waals surface area contributed by atoms with Gasteiger partial charge in [0.05, 0.1) is 7.11 Å². The second kappa shape index (κ2) is 7.17. The molecule has 2 heterocycles. The van der Waals surface area contributed by atoms with Gasteiger partial charge in [-0.1, -0.05) is 36.4 Å². The third-order valence-electron chi connectivity index (χ3n) is 4.73. The first-order valence-corrected chi connectivity index (χ1v) is 8.76. The van der Waals surface area contributed by atoms with Crippen molar-refractivity contribution in [3.63, 3.8) is 0 Å². The number of H-pyrrole nitrogens is 1. The van der Waals surface area contributed by atoms with Gasteiger partial charge < -0.3 is 20.6 Å². The first kappa shape index (κ1) is 17.8. The molecule has 2 aromatic carbocycles. The molecule has 1 atom stereocenters. The number of fused-ring (bicyclic) bond motifs is 1. The number of amides is 1. The molecule has 1 amide bonds. The van der Waals surface area contributed by atoms with Crippen LogP contribution in [-0.2, 0) is 4.79 Å². The quantitative estimate of drug-likeness (QED) is 0.499. The minimum absolute atomic E-state index is 0.448. The topological polar surface area (TPSA) is 101 Å². The number of hydrogen-bond acceptors (Lipinski definition) is 4. The van der Waals surface area contributed by atoms with Crippen LogP contribution in [0.25, 0.3) is 33.3 Å². The van der Waals surface area contributed by atoms with Crippen LogP contribution in [0.5, 0.6) is 5.75 Å². The van der Waals surface area contributed by atoms with Gasteiger partial charge in [0.2, 0.25) is 0 Å². The minimum atomic E-state index is -1.34. The zero-order chi connectivity index (χ0) is 19.7. The first-order valence-electron chi connectivity index (χ1n) is 8.76. The number of carbonyl (C=O) groups excluding carboxylic acids is 1. The average Bonchev–Trinajstić information content (AvgIpc) is 3.16. The maximum Gasteiger partial charge on any atom is 0.250 e. The lowest BCUT2D eigenvalue weighted by Gasteiger charge is -2.10. The van der Waals surface area contributed by atoms with Crippen LogP contribution in [-0.4, -0.2) is 28.1 Å². The van der Waals surface area contributed by atoms with E-state index >= 15 is 0 Å². The van der Waals surface area contributed by atoms with Gasteiger partial charge in [0, 0.05) is 34.5 Å². The van der Waals surface area contributed by atoms with E-state index < -0.39 is 12.0 Å². The minimum Gasteiger partial charge on any atom is -0.496 e. The predicted molar refractivity (Wildman–Crippen MR) is 108 cm³/mol. The average molecular weight is 373 g/mol. The van der Waals surface area contributed by atoms with E-state index in [2.05, 4.69) is 9.97 Å². The summed E-state index contributed by atoms with van der Waals surface area (Å²) in [6.07, 6.45) is 2.32. The lowest BCUT2D eigenvalue weighted by Crippen LogP contribution is -2.20. The van der Waals surface area contributed by atoms with Gasteiger partial charge in [0.25, 0.3) is 5.91 Å². The molecule has 140 valence electrons. The van der Waals surface area contributed by atoms with Crippen LogP contribution in [0.15, 0.2) is 67.0 Å². The fourth-order valence-electron chi connectivity index (χ4n) is 3.30. The molecule has 2 aromatic heterocycles. The van der Waals surface area contributed by atoms with Crippen molar-refractivity contribution in [2.45, 2.75) is 6.10 Å². The Morgan fingerprint density at radius 1 is 1.11 bits per heavy atom. The summed E-state index contributed by atoms with van der Waals surface area (Å²) in [6.45, 7) is 0. The number of nitrogens with two attached hydrogens (primary N) is 1. The van der Waals surface area contributed by atoms with Crippen molar-refractivity contribution >= 4 is 16.9 Å². The van der Waals surface area contributed by atoms with Gasteiger partial charge in [0.15, 0.2) is 6.10 Å². The Labute approximate surface area is 161 Å². The number of rotatable bonds is 5. The number of ether oxygens (including phenoxy) is 1. The van der Waals surface area contributed by atoms with E-state index in [-0.39, 0.29) is 0 Å². The fraction of sp³-hybridized carbons (Fsp3) is 0.0909. The van der Waals surface area contributed by atoms with E-state index in [0.29, 0.717) is 5.56 Å². The molecule has 0 radical (unpaired) electrons. The number of pyridine rings is 1. The van der Waals surface area contributed by atoms with Gasteiger partial charge in [-0.05, 0) is 29.3 Å². The number of primary amides is 1. The Bertz CT molecular complexity index is 1170. The van der Waals surface area contributed by atoms with Crippen LogP contribution in [0.1, 0.15) is 11.7 Å². The number of nitrogens with zero attached hydrogens (tertiary/aromatic N) is 1. The maximum atomic E-state index is 11.3. The molecular weight excluding hydrogens is 354 g/mol. The SMILES string of the molecule is COc1ccccc1-c1c[nH]c2ncc(-c3cccc(C(O)C(N)=O)c3)cc12. The third kappa shape index (κ3) is 3.10. The molecule has 6 nitrogen and oxygen atoms in total. The van der Waals surface area contributed by atoms with E-state index in [1.807, 2.05) is 42.6 Å². The molecule has 1 unspecified atom stereocenters. The zero-order valence-electron chi connectivity index (χ0n) is 15.2. The highest BCUT2D eigenvalue weighted by Crippen LogP contribution is 2.36. The predicted octanol–water partition coefficient (Wildman–Crippen LogP) is 3.42. The van der Waals surface area contributed by atoms with E-state index in [4.69, 9.17) is 10.5 Å². The molecule has 28 heavy (non-hydrogen) atoms. The number of aromatic amines is 1. The van der Waals surface area contributed by atoms with Gasteiger partial charge in [-0.2, -0.15) is 0 Å². The van der Waals surface area contributed by atoms with Crippen molar-refractivity contribution in [3.8, 4) is 28.0 Å². The van der Waals surface area contributed by atoms with Crippen molar-refractivity contribution in [1.29, 1.82) is 0 Å². The second-order valence-electron chi connectivity index (χ2n) is 6.45. The Morgan fingerprint density at radius 3 is 2.71 bits per heavy atom. The van der Waals surface area contributed by atoms with Crippen LogP contribution in [0.4, 0.5) is 0 Å². The van der Waals surface area contributed by atoms with Crippen LogP contribution in [0.3, 0.4) is 0 Å². The summed E-state index contributed by atoms with van der Waals surface area (Å²) < 4.78 is 5.49. The lowest BCUT2D eigenvalue weighted by molar-refractivity contribution is -0.126. The normalized spacial score (nSPS) is 12.1. The van der Waals surface area contributed by atoms with Crippen LogP contribution in [0, 0.1) is 0 Å². The first-order chi connectivity index (χ1) is 13.6. The second-order valence-corrected chi connectivity index (χ2v) is 6.45. The molecule has 0 aliphatic rings. The molecule has 0 spiro atoms. The molecule has 0 saturated heterocycles. The van der Waals surface area contributed by atoms with Crippen molar-refractivity contribution in [1.82, 2.24) is 9.97 Å². The highest BCUT2D eigenvalue weighted by molar-refractivity contribution is 5.97. The van der Waals surface area contributed by atoms with Crippen molar-refractivity contribution < 1.29 is 14.6 Å². The summed E-state index contributed by atoms with van der Waals surface area (Å²) in [7, 11) is 1.65. The highest BCUT2D eigenvalue weighted by Gasteiger charge is 2.16. The molecular formula is C22H19N3O3. The van der Waals surface area contributed by atoms with Gasteiger partial charge in [-0.25, -0.2) is 4.98 Å². The number of para-hydroxylation sites is 1. The molecule has 0 aliphatic heterocycles. The maximum absolute atomic E-state index is 11.3. The Kier molecular flexibility index (Phi) is 4.55. The number of nitrogens with one attached hydrogen (secondary N) is 1. The van der Waals surface area contributed by atoms with Gasteiger partial charge in [-0.3, -0.25) is 4.79 Å². The number of benzene rings is 2. The van der Waals surface area contributed by atoms with Crippen LogP contribution >= 0.6 is 0 Å². The van der Waals surface area contributed by atoms with Gasteiger partial charge in [0.1, 0.15) is 11.4 Å². The van der Waals surface area contributed by atoms with Crippen LogP contribution in [0.2, 0.25) is 0 Å². The molecule has 0 aliphatic carbocycles. The monoisotopic (exact) mass is 373 g/mol. The number of methoxy groups -OCH3 is 1. The molecule has 6 heteroatoms. The summed E-state index contributed by atoms with van der Waals surface area (Å²) in [5.74, 6) is -0.00444. The molecule has 0 fully saturated rings. The molecule has 4 rings (SSSR count). The number of carbonyl (C=O) groups is 1. The van der Waals surface area contributed by atoms with Crippen molar-refractivity contribution in [3.05, 3.63) is 72.6 Å². The Hall–Kier alpha value is -3.64. The number of aliphatic hydroxyl groups is 1. The van der Waals surface area contributed by atoms with Crippen molar-refractivity contribution in [2.75, 3.05) is 7.11 Å². The number of hydrogen-bond donors (Lipinski definition) is 3. The largest absolute Gasteiger partial charge is 0.496 e. The van der Waals surface area contributed by atoms with E-state index in [1.54, 1.807) is 31.5 Å². The van der Waals surface area contributed by atoms with E-state index in [0.717, 1.165) is 39.0 Å². The van der Waals surface area contributed by atoms with Gasteiger partial charge >= 0.3 is 0 Å². The Balaban J connectivity index is 1.83. The summed E-state index contributed by atoms with van der Waals surface area (Å²) in [5.41, 5.74) is 10.1. The molecule has 4 aromatic rings. The smallest absolute Gasteiger partial charge is 0.250 e. The zero-order valence-corrected chi connectivity index (χ0v) is 15.2.